The summed E-state index contributed by atoms with van der Waals surface area (Å²) in [6, 6.07) is 16.7. The van der Waals surface area contributed by atoms with Gasteiger partial charge in [0.2, 0.25) is 10.9 Å². The average molecular weight is 397 g/mol. The number of carbonyl (C=O) groups is 2. The third-order valence-corrected chi connectivity index (χ3v) is 6.15. The molecule has 27 heavy (non-hydrogen) atoms. The summed E-state index contributed by atoms with van der Waals surface area (Å²) in [4.78, 5) is 25.1. The summed E-state index contributed by atoms with van der Waals surface area (Å²) in [6.07, 6.45) is 0. The Labute approximate surface area is 162 Å². The quantitative estimate of drug-likeness (QED) is 0.516. The maximum absolute atomic E-state index is 12.7. The van der Waals surface area contributed by atoms with Crippen LogP contribution in [0.4, 0.5) is 4.79 Å². The predicted molar refractivity (Wildman–Crippen MR) is 106 cm³/mol. The molecule has 0 bridgehead atoms. The Morgan fingerprint density at radius 2 is 1.81 bits per heavy atom. The molecule has 7 nitrogen and oxygen atoms in total. The summed E-state index contributed by atoms with van der Waals surface area (Å²) in [6.45, 7) is 0. The maximum atomic E-state index is 12.7. The van der Waals surface area contributed by atoms with Crippen molar-refractivity contribution in [3.05, 3.63) is 60.2 Å². The Morgan fingerprint density at radius 1 is 1.07 bits per heavy atom. The molecule has 0 fully saturated rings. The topological polar surface area (TPSA) is 88.4 Å². The number of rotatable bonds is 4. The third kappa shape index (κ3) is 3.38. The van der Waals surface area contributed by atoms with Crippen molar-refractivity contribution in [3.63, 3.8) is 0 Å². The molecule has 2 aromatic carbocycles. The van der Waals surface area contributed by atoms with Gasteiger partial charge in [-0.2, -0.15) is 0 Å². The molecular weight excluding hydrogens is 382 g/mol. The normalized spacial score (nSPS) is 12.2. The first-order valence-electron chi connectivity index (χ1n) is 8.14. The fraction of sp³-hybridized carbons (Fsp3) is 0.111. The van der Waals surface area contributed by atoms with Gasteiger partial charge in [0.15, 0.2) is 5.16 Å². The van der Waals surface area contributed by atoms with Crippen LogP contribution >= 0.6 is 23.1 Å². The van der Waals surface area contributed by atoms with Gasteiger partial charge in [-0.15, -0.1) is 10.2 Å². The molecule has 2 aromatic heterocycles. The van der Waals surface area contributed by atoms with Crippen molar-refractivity contribution in [1.82, 2.24) is 25.2 Å². The summed E-state index contributed by atoms with van der Waals surface area (Å²) in [7, 11) is 1.47. The molecule has 4 rings (SSSR count). The molecule has 0 aliphatic rings. The van der Waals surface area contributed by atoms with E-state index in [1.54, 1.807) is 0 Å². The molecule has 0 unspecified atom stereocenters. The molecule has 0 spiro atoms. The monoisotopic (exact) mass is 397 g/mol. The maximum Gasteiger partial charge on any atom is 0.321 e. The minimum absolute atomic E-state index is 0.415. The molecule has 136 valence electrons. The summed E-state index contributed by atoms with van der Waals surface area (Å²) >= 11 is 2.80. The van der Waals surface area contributed by atoms with Crippen LogP contribution in [0.2, 0.25) is 0 Å². The fourth-order valence-electron chi connectivity index (χ4n) is 2.68. The number of hydrogen-bond acceptors (Lipinski definition) is 6. The first-order chi connectivity index (χ1) is 13.2. The van der Waals surface area contributed by atoms with Gasteiger partial charge in [-0.25, -0.2) is 4.79 Å². The van der Waals surface area contributed by atoms with E-state index in [-0.39, 0.29) is 0 Å². The molecule has 9 heteroatoms. The van der Waals surface area contributed by atoms with Crippen LogP contribution in [-0.4, -0.2) is 33.6 Å². The number of fused-ring (bicyclic) bond motifs is 3. The van der Waals surface area contributed by atoms with E-state index in [4.69, 9.17) is 0 Å². The van der Waals surface area contributed by atoms with Gasteiger partial charge in [-0.05, 0) is 17.7 Å². The van der Waals surface area contributed by atoms with Gasteiger partial charge in [-0.3, -0.25) is 14.5 Å². The third-order valence-electron chi connectivity index (χ3n) is 3.94. The minimum atomic E-state index is -0.644. The molecule has 0 aliphatic heterocycles. The van der Waals surface area contributed by atoms with Gasteiger partial charge in [0, 0.05) is 7.05 Å². The number of amides is 3. The molecular formula is C18H15N5O2S2. The zero-order valence-corrected chi connectivity index (χ0v) is 15.9. The smallest absolute Gasteiger partial charge is 0.321 e. The van der Waals surface area contributed by atoms with Crippen LogP contribution in [0.15, 0.2) is 59.8 Å². The van der Waals surface area contributed by atoms with Gasteiger partial charge < -0.3 is 5.32 Å². The molecule has 4 aromatic rings. The molecule has 2 N–H and O–H groups in total. The molecule has 1 atom stereocenters. The van der Waals surface area contributed by atoms with E-state index in [0.29, 0.717) is 5.16 Å². The summed E-state index contributed by atoms with van der Waals surface area (Å²) in [5, 5.41) is 13.2. The average Bonchev–Trinajstić information content (AvgIpc) is 3.26. The van der Waals surface area contributed by atoms with Crippen molar-refractivity contribution < 1.29 is 9.59 Å². The second kappa shape index (κ2) is 7.37. The van der Waals surface area contributed by atoms with Crippen molar-refractivity contribution in [3.8, 4) is 0 Å². The van der Waals surface area contributed by atoms with Crippen LogP contribution in [0.3, 0.4) is 0 Å². The number of thiazole rings is 1. The number of imide groups is 1. The number of nitrogens with zero attached hydrogens (tertiary/aromatic N) is 3. The Balaban J connectivity index is 1.74. The van der Waals surface area contributed by atoms with Crippen LogP contribution in [0.5, 0.6) is 0 Å². The first kappa shape index (κ1) is 17.5. The van der Waals surface area contributed by atoms with Crippen molar-refractivity contribution in [2.24, 2.45) is 0 Å². The van der Waals surface area contributed by atoms with Crippen molar-refractivity contribution in [1.29, 1.82) is 0 Å². The molecule has 0 radical (unpaired) electrons. The zero-order valence-electron chi connectivity index (χ0n) is 14.2. The lowest BCUT2D eigenvalue weighted by atomic mass is 10.1. The number of benzene rings is 2. The Morgan fingerprint density at radius 3 is 2.59 bits per heavy atom. The summed E-state index contributed by atoms with van der Waals surface area (Å²) < 4.78 is 3.03. The first-order valence-corrected chi connectivity index (χ1v) is 9.84. The van der Waals surface area contributed by atoms with Gasteiger partial charge >= 0.3 is 6.03 Å². The molecule has 2 heterocycles. The summed E-state index contributed by atoms with van der Waals surface area (Å²) in [5.41, 5.74) is 1.77. The second-order valence-corrected chi connectivity index (χ2v) is 7.73. The highest BCUT2D eigenvalue weighted by atomic mass is 32.2. The van der Waals surface area contributed by atoms with Gasteiger partial charge in [0.05, 0.1) is 10.2 Å². The van der Waals surface area contributed by atoms with E-state index < -0.39 is 17.2 Å². The zero-order chi connectivity index (χ0) is 18.8. The van der Waals surface area contributed by atoms with Gasteiger partial charge in [0.25, 0.3) is 0 Å². The lowest BCUT2D eigenvalue weighted by Gasteiger charge is -2.15. The second-order valence-electron chi connectivity index (χ2n) is 5.65. The van der Waals surface area contributed by atoms with Gasteiger partial charge in [-0.1, -0.05) is 65.6 Å². The van der Waals surface area contributed by atoms with E-state index in [0.717, 1.165) is 20.7 Å². The highest BCUT2D eigenvalue weighted by Gasteiger charge is 2.26. The van der Waals surface area contributed by atoms with Crippen LogP contribution in [0.1, 0.15) is 10.8 Å². The fourth-order valence-corrected chi connectivity index (χ4v) is 4.75. The molecule has 0 aliphatic carbocycles. The van der Waals surface area contributed by atoms with Gasteiger partial charge in [0.1, 0.15) is 5.25 Å². The van der Waals surface area contributed by atoms with Crippen LogP contribution in [0, 0.1) is 0 Å². The number of hydrogen-bond donors (Lipinski definition) is 2. The number of thioether (sulfide) groups is 1. The Kier molecular flexibility index (Phi) is 4.78. The minimum Gasteiger partial charge on any atom is -0.341 e. The van der Waals surface area contributed by atoms with Crippen LogP contribution in [0.25, 0.3) is 15.2 Å². The highest BCUT2D eigenvalue weighted by molar-refractivity contribution is 8.00. The highest BCUT2D eigenvalue weighted by Crippen LogP contribution is 2.37. The van der Waals surface area contributed by atoms with E-state index in [2.05, 4.69) is 20.8 Å². The molecule has 0 saturated heterocycles. The predicted octanol–water partition coefficient (Wildman–Crippen LogP) is 3.23. The molecule has 3 amide bonds. The number of urea groups is 1. The lowest BCUT2D eigenvalue weighted by Crippen LogP contribution is -2.39. The van der Waals surface area contributed by atoms with Crippen molar-refractivity contribution >= 4 is 50.2 Å². The Hall–Kier alpha value is -2.91. The number of para-hydroxylation sites is 1. The van der Waals surface area contributed by atoms with E-state index in [1.165, 1.54) is 30.1 Å². The number of carbonyl (C=O) groups excluding carboxylic acids is 2. The number of nitrogens with one attached hydrogen (secondary N) is 2. The van der Waals surface area contributed by atoms with Crippen molar-refractivity contribution in [2.75, 3.05) is 7.05 Å². The van der Waals surface area contributed by atoms with Crippen LogP contribution < -0.4 is 10.6 Å². The molecule has 0 saturated carbocycles. The van der Waals surface area contributed by atoms with E-state index in [1.807, 2.05) is 59.0 Å². The largest absolute Gasteiger partial charge is 0.341 e. The number of aromatic nitrogens is 3. The van der Waals surface area contributed by atoms with E-state index in [9.17, 15) is 9.59 Å². The van der Waals surface area contributed by atoms with Crippen molar-refractivity contribution in [2.45, 2.75) is 10.4 Å². The lowest BCUT2D eigenvalue weighted by molar-refractivity contribution is -0.119. The Bertz CT molecular complexity index is 1120. The SMILES string of the molecule is CNC(=O)NC(=O)[C@@H](Sc1nnc2sc3ccccc3n12)c1ccccc1. The van der Waals surface area contributed by atoms with Crippen LogP contribution in [-0.2, 0) is 4.79 Å². The summed E-state index contributed by atoms with van der Waals surface area (Å²) in [5.74, 6) is -0.415. The van der Waals surface area contributed by atoms with E-state index >= 15 is 0 Å². The standard InChI is InChI=1S/C18H15N5O2S2/c1-19-16(25)20-15(24)14(11-7-3-2-4-8-11)27-18-22-21-17-23(18)12-9-5-6-10-13(12)26-17/h2-10,14H,1H3,(H2,19,20,24,25)/t14-/m0/s1.